The number of para-hydroxylation sites is 1. The number of nitrogens with zero attached hydrogens (tertiary/aromatic N) is 1. The summed E-state index contributed by atoms with van der Waals surface area (Å²) >= 11 is 0. The van der Waals surface area contributed by atoms with E-state index in [4.69, 9.17) is 0 Å². The minimum absolute atomic E-state index is 0.0728. The number of hydrogen-bond acceptors (Lipinski definition) is 2. The Hall–Kier alpha value is -1.61. The van der Waals surface area contributed by atoms with Crippen molar-refractivity contribution in [2.24, 2.45) is 0 Å². The number of hydrogen-bond donors (Lipinski definition) is 1. The number of nitrogens with one attached hydrogen (secondary N) is 1. The first kappa shape index (κ1) is 10.3. The van der Waals surface area contributed by atoms with Crippen LogP contribution < -0.4 is 0 Å². The lowest BCUT2D eigenvalue weighted by Crippen LogP contribution is -2.38. The quantitative estimate of drug-likeness (QED) is 0.765. The third-order valence-electron chi connectivity index (χ3n) is 4.38. The summed E-state index contributed by atoms with van der Waals surface area (Å²) in [5.41, 5.74) is 3.73. The van der Waals surface area contributed by atoms with Crippen LogP contribution in [-0.2, 0) is 11.2 Å². The second-order valence-corrected chi connectivity index (χ2v) is 5.38. The van der Waals surface area contributed by atoms with Crippen LogP contribution >= 0.6 is 0 Å². The summed E-state index contributed by atoms with van der Waals surface area (Å²) in [6.07, 6.45) is 1.77. The van der Waals surface area contributed by atoms with Crippen LogP contribution in [0.2, 0.25) is 0 Å². The summed E-state index contributed by atoms with van der Waals surface area (Å²) in [6.45, 7) is 2.93. The van der Waals surface area contributed by atoms with E-state index in [0.29, 0.717) is 12.2 Å². The first-order chi connectivity index (χ1) is 8.83. The Bertz CT molecular complexity index is 628. The van der Waals surface area contributed by atoms with Gasteiger partial charge in [0.05, 0.1) is 5.92 Å². The molecule has 0 saturated carbocycles. The molecule has 2 aromatic rings. The normalized spacial score (nSPS) is 27.0. The summed E-state index contributed by atoms with van der Waals surface area (Å²) in [6, 6.07) is 8.40. The van der Waals surface area contributed by atoms with Crippen molar-refractivity contribution in [2.45, 2.75) is 18.8 Å². The van der Waals surface area contributed by atoms with Gasteiger partial charge in [0.15, 0.2) is 0 Å². The highest BCUT2D eigenvalue weighted by atomic mass is 16.1. The molecule has 1 aromatic heterocycles. The topological polar surface area (TPSA) is 36.1 Å². The molecular weight excluding hydrogens is 224 g/mol. The van der Waals surface area contributed by atoms with E-state index >= 15 is 0 Å². The number of aromatic amines is 1. The van der Waals surface area contributed by atoms with E-state index < -0.39 is 0 Å². The van der Waals surface area contributed by atoms with Crippen LogP contribution in [0.4, 0.5) is 0 Å². The van der Waals surface area contributed by atoms with Gasteiger partial charge in [0.2, 0.25) is 0 Å². The monoisotopic (exact) mass is 240 g/mol. The Morgan fingerprint density at radius 2 is 2.00 bits per heavy atom. The maximum absolute atomic E-state index is 12.2. The lowest BCUT2D eigenvalue weighted by Gasteiger charge is -2.28. The number of rotatable bonds is 0. The van der Waals surface area contributed by atoms with Gasteiger partial charge < -0.3 is 9.88 Å². The fourth-order valence-electron chi connectivity index (χ4n) is 3.41. The van der Waals surface area contributed by atoms with Gasteiger partial charge in [0, 0.05) is 42.7 Å². The van der Waals surface area contributed by atoms with Crippen molar-refractivity contribution in [3.05, 3.63) is 35.5 Å². The Kier molecular flexibility index (Phi) is 2.12. The van der Waals surface area contributed by atoms with Crippen molar-refractivity contribution in [3.8, 4) is 0 Å². The minimum Gasteiger partial charge on any atom is -0.358 e. The number of fused-ring (bicyclic) bond motifs is 6. The van der Waals surface area contributed by atoms with Crippen LogP contribution in [0.3, 0.4) is 0 Å². The van der Waals surface area contributed by atoms with Gasteiger partial charge in [0.25, 0.3) is 0 Å². The first-order valence-electron chi connectivity index (χ1n) is 6.67. The predicted octanol–water partition coefficient (Wildman–Crippen LogP) is 2.08. The van der Waals surface area contributed by atoms with Crippen molar-refractivity contribution < 1.29 is 4.79 Å². The van der Waals surface area contributed by atoms with E-state index in [-0.39, 0.29) is 5.92 Å². The fraction of sp³-hybridized carbons (Fsp3) is 0.400. The zero-order valence-corrected chi connectivity index (χ0v) is 10.3. The summed E-state index contributed by atoms with van der Waals surface area (Å²) < 4.78 is 0. The molecule has 1 saturated heterocycles. The zero-order chi connectivity index (χ0) is 12.1. The predicted molar refractivity (Wildman–Crippen MR) is 70.8 cm³/mol. The van der Waals surface area contributed by atoms with Crippen molar-refractivity contribution in [3.63, 3.8) is 0 Å². The molecular formula is C15H16N2O. The Morgan fingerprint density at radius 3 is 2.94 bits per heavy atom. The molecule has 0 amide bonds. The average Bonchev–Trinajstić information content (AvgIpc) is 2.69. The molecule has 92 valence electrons. The Labute approximate surface area is 106 Å². The molecule has 2 aliphatic heterocycles. The number of benzene rings is 1. The third kappa shape index (κ3) is 1.37. The van der Waals surface area contributed by atoms with Gasteiger partial charge in [-0.1, -0.05) is 18.2 Å². The van der Waals surface area contributed by atoms with E-state index in [1.807, 2.05) is 6.07 Å². The van der Waals surface area contributed by atoms with Gasteiger partial charge in [-0.2, -0.15) is 0 Å². The molecule has 2 atom stereocenters. The highest BCUT2D eigenvalue weighted by Crippen LogP contribution is 2.34. The summed E-state index contributed by atoms with van der Waals surface area (Å²) in [5, 5.41) is 1.30. The standard InChI is InChI=1S/C15H16N2O/c18-14-6-8-17-7-5-11-10-3-1-2-4-13(10)16-15(11)12(14)9-17/h1-4,12,16H,5-9H2. The van der Waals surface area contributed by atoms with E-state index in [0.717, 1.165) is 26.1 Å². The number of ketones is 1. The second kappa shape index (κ2) is 3.69. The molecule has 2 unspecified atom stereocenters. The first-order valence-corrected chi connectivity index (χ1v) is 6.67. The van der Waals surface area contributed by atoms with Gasteiger partial charge in [-0.3, -0.25) is 4.79 Å². The number of Topliss-reactive ketones (excluding diaryl/α,β-unsaturated/α-hetero) is 1. The molecule has 2 bridgehead atoms. The van der Waals surface area contributed by atoms with Gasteiger partial charge in [0.1, 0.15) is 5.78 Å². The Balaban J connectivity index is 1.94. The van der Waals surface area contributed by atoms with Gasteiger partial charge >= 0.3 is 0 Å². The molecule has 3 heterocycles. The van der Waals surface area contributed by atoms with Crippen LogP contribution in [0.15, 0.2) is 24.3 Å². The largest absolute Gasteiger partial charge is 0.358 e. The molecule has 0 aliphatic carbocycles. The van der Waals surface area contributed by atoms with Gasteiger partial charge in [-0.15, -0.1) is 0 Å². The van der Waals surface area contributed by atoms with E-state index in [9.17, 15) is 4.79 Å². The summed E-state index contributed by atoms with van der Waals surface area (Å²) in [4.78, 5) is 18.1. The SMILES string of the molecule is O=C1CCN2CCc3c([nH]c4ccccc34)C1C2. The molecule has 18 heavy (non-hydrogen) atoms. The van der Waals surface area contributed by atoms with Crippen LogP contribution in [-0.4, -0.2) is 35.3 Å². The van der Waals surface area contributed by atoms with Crippen LogP contribution in [0, 0.1) is 0 Å². The van der Waals surface area contributed by atoms with E-state index in [1.165, 1.54) is 22.2 Å². The third-order valence-corrected chi connectivity index (χ3v) is 4.38. The van der Waals surface area contributed by atoms with Crippen LogP contribution in [0.5, 0.6) is 0 Å². The molecule has 2 aliphatic rings. The van der Waals surface area contributed by atoms with Crippen molar-refractivity contribution in [1.82, 2.24) is 9.88 Å². The maximum Gasteiger partial charge on any atom is 0.144 e. The van der Waals surface area contributed by atoms with Crippen LogP contribution in [0.25, 0.3) is 10.9 Å². The molecule has 1 fully saturated rings. The van der Waals surface area contributed by atoms with Crippen LogP contribution in [0.1, 0.15) is 23.6 Å². The maximum atomic E-state index is 12.2. The molecule has 1 aromatic carbocycles. The number of carbonyl (C=O) groups excluding carboxylic acids is 1. The molecule has 0 spiro atoms. The highest BCUT2D eigenvalue weighted by molar-refractivity contribution is 5.91. The van der Waals surface area contributed by atoms with Crippen molar-refractivity contribution in [2.75, 3.05) is 19.6 Å². The number of piperidine rings is 1. The molecule has 3 nitrogen and oxygen atoms in total. The average molecular weight is 240 g/mol. The number of H-pyrrole nitrogens is 1. The highest BCUT2D eigenvalue weighted by Gasteiger charge is 2.34. The van der Waals surface area contributed by atoms with Crippen molar-refractivity contribution in [1.29, 1.82) is 0 Å². The smallest absolute Gasteiger partial charge is 0.144 e. The van der Waals surface area contributed by atoms with Gasteiger partial charge in [-0.25, -0.2) is 0 Å². The molecule has 0 radical (unpaired) electrons. The molecule has 3 heteroatoms. The lowest BCUT2D eigenvalue weighted by molar-refractivity contribution is -0.123. The summed E-state index contributed by atoms with van der Waals surface area (Å²) in [7, 11) is 0. The summed E-state index contributed by atoms with van der Waals surface area (Å²) in [5.74, 6) is 0.476. The van der Waals surface area contributed by atoms with E-state index in [2.05, 4.69) is 28.1 Å². The zero-order valence-electron chi connectivity index (χ0n) is 10.3. The number of aromatic nitrogens is 1. The lowest BCUT2D eigenvalue weighted by atomic mass is 9.92. The van der Waals surface area contributed by atoms with E-state index in [1.54, 1.807) is 0 Å². The minimum atomic E-state index is 0.0728. The second-order valence-electron chi connectivity index (χ2n) is 5.38. The van der Waals surface area contributed by atoms with Gasteiger partial charge in [-0.05, 0) is 18.1 Å². The molecule has 4 rings (SSSR count). The Morgan fingerprint density at radius 1 is 1.17 bits per heavy atom. The number of carbonyl (C=O) groups is 1. The molecule has 1 N–H and O–H groups in total. The fourth-order valence-corrected chi connectivity index (χ4v) is 3.41. The van der Waals surface area contributed by atoms with Crippen molar-refractivity contribution >= 4 is 16.7 Å².